The minimum absolute atomic E-state index is 0.0646. The highest BCUT2D eigenvalue weighted by Crippen LogP contribution is 2.51. The summed E-state index contributed by atoms with van der Waals surface area (Å²) in [6, 6.07) is 0. The summed E-state index contributed by atoms with van der Waals surface area (Å²) in [5.41, 5.74) is 2.34. The van der Waals surface area contributed by atoms with Crippen LogP contribution >= 0.6 is 27.7 Å². The fourth-order valence-corrected chi connectivity index (χ4v) is 4.60. The number of hydrogen-bond donors (Lipinski definition) is 1. The first-order valence-corrected chi connectivity index (χ1v) is 8.42. The maximum Gasteiger partial charge on any atom is 0.303 e. The summed E-state index contributed by atoms with van der Waals surface area (Å²) in [6.45, 7) is 2.09. The molecule has 4 nitrogen and oxygen atoms in total. The fraction of sp³-hybridized carbons (Fsp3) is 0.692. The molecule has 0 saturated heterocycles. The Balaban J connectivity index is 1.90. The Bertz CT molecular complexity index is 483. The average Bonchev–Trinajstić information content (AvgIpc) is 3.03. The molecule has 0 unspecified atom stereocenters. The number of halogens is 1. The van der Waals surface area contributed by atoms with E-state index in [4.69, 9.17) is 5.11 Å². The largest absolute Gasteiger partial charge is 0.481 e. The van der Waals surface area contributed by atoms with Gasteiger partial charge in [-0.25, -0.2) is 0 Å². The summed E-state index contributed by atoms with van der Waals surface area (Å²) in [5.74, 6) is 1.14. The minimum Gasteiger partial charge on any atom is -0.481 e. The summed E-state index contributed by atoms with van der Waals surface area (Å²) >= 11 is 5.42. The molecule has 0 bridgehead atoms. The standard InChI is InChI=1S/C13H19BrN2O2S/c1-3-9-12(14)10(16(2)15-9)7-19-8-13(4-5-13)6-11(17)18/h3-8H2,1-2H3,(H,17,18). The Morgan fingerprint density at radius 3 is 2.74 bits per heavy atom. The highest BCUT2D eigenvalue weighted by atomic mass is 79.9. The van der Waals surface area contributed by atoms with E-state index in [2.05, 4.69) is 28.0 Å². The first-order valence-electron chi connectivity index (χ1n) is 6.47. The van der Waals surface area contributed by atoms with Crippen molar-refractivity contribution in [3.63, 3.8) is 0 Å². The molecule has 1 aliphatic rings. The van der Waals surface area contributed by atoms with Crippen molar-refractivity contribution in [1.82, 2.24) is 9.78 Å². The quantitative estimate of drug-likeness (QED) is 0.823. The number of aromatic nitrogens is 2. The van der Waals surface area contributed by atoms with E-state index >= 15 is 0 Å². The Labute approximate surface area is 126 Å². The van der Waals surface area contributed by atoms with E-state index in [-0.39, 0.29) is 5.41 Å². The van der Waals surface area contributed by atoms with Crippen molar-refractivity contribution in [2.45, 2.75) is 38.4 Å². The van der Waals surface area contributed by atoms with Crippen molar-refractivity contribution in [3.8, 4) is 0 Å². The number of hydrogen-bond acceptors (Lipinski definition) is 3. The van der Waals surface area contributed by atoms with Crippen molar-refractivity contribution >= 4 is 33.7 Å². The lowest BCUT2D eigenvalue weighted by Gasteiger charge is -2.11. The van der Waals surface area contributed by atoms with E-state index in [1.807, 2.05) is 23.5 Å². The van der Waals surface area contributed by atoms with E-state index in [1.165, 1.54) is 5.69 Å². The molecular formula is C13H19BrN2O2S. The van der Waals surface area contributed by atoms with Gasteiger partial charge >= 0.3 is 5.97 Å². The molecule has 0 spiro atoms. The maximum atomic E-state index is 10.8. The molecule has 19 heavy (non-hydrogen) atoms. The van der Waals surface area contributed by atoms with Crippen LogP contribution in [0, 0.1) is 5.41 Å². The van der Waals surface area contributed by atoms with Crippen molar-refractivity contribution in [3.05, 3.63) is 15.9 Å². The third-order valence-electron chi connectivity index (χ3n) is 3.63. The Morgan fingerprint density at radius 1 is 1.58 bits per heavy atom. The SMILES string of the molecule is CCc1nn(C)c(CSCC2(CC(=O)O)CC2)c1Br. The zero-order chi connectivity index (χ0) is 14.0. The Hall–Kier alpha value is -0.490. The molecule has 1 N–H and O–H groups in total. The molecule has 106 valence electrons. The van der Waals surface area contributed by atoms with Gasteiger partial charge in [-0.15, -0.1) is 0 Å². The summed E-state index contributed by atoms with van der Waals surface area (Å²) in [6.07, 6.45) is 3.34. The molecule has 1 fully saturated rings. The number of carboxylic acid groups (broad SMARTS) is 1. The van der Waals surface area contributed by atoms with Crippen LogP contribution in [0.1, 0.15) is 37.6 Å². The van der Waals surface area contributed by atoms with E-state index in [9.17, 15) is 4.79 Å². The van der Waals surface area contributed by atoms with Gasteiger partial charge in [-0.3, -0.25) is 9.48 Å². The molecule has 2 rings (SSSR count). The molecular weight excluding hydrogens is 328 g/mol. The van der Waals surface area contributed by atoms with Crippen molar-refractivity contribution < 1.29 is 9.90 Å². The number of aryl methyl sites for hydroxylation is 2. The molecule has 1 aromatic heterocycles. The van der Waals surface area contributed by atoms with Crippen LogP contribution in [0.5, 0.6) is 0 Å². The van der Waals surface area contributed by atoms with Crippen LogP contribution in [0.4, 0.5) is 0 Å². The molecule has 1 aromatic rings. The Kier molecular flexibility index (Phi) is 4.61. The Morgan fingerprint density at radius 2 is 2.26 bits per heavy atom. The highest BCUT2D eigenvalue weighted by Gasteiger charge is 2.44. The van der Waals surface area contributed by atoms with E-state index in [0.717, 1.165) is 40.9 Å². The van der Waals surface area contributed by atoms with Crippen LogP contribution in [-0.2, 0) is 24.0 Å². The van der Waals surface area contributed by atoms with Gasteiger partial charge in [-0.05, 0) is 46.4 Å². The molecule has 0 aromatic carbocycles. The van der Waals surface area contributed by atoms with Gasteiger partial charge in [0.1, 0.15) is 0 Å². The predicted octanol–water partition coefficient (Wildman–Crippen LogP) is 3.23. The molecule has 0 aliphatic heterocycles. The fourth-order valence-electron chi connectivity index (χ4n) is 2.21. The van der Waals surface area contributed by atoms with Crippen LogP contribution in [0.15, 0.2) is 4.47 Å². The van der Waals surface area contributed by atoms with Crippen LogP contribution in [0.25, 0.3) is 0 Å². The van der Waals surface area contributed by atoms with Crippen molar-refractivity contribution in [2.75, 3.05) is 5.75 Å². The van der Waals surface area contributed by atoms with Crippen LogP contribution in [0.2, 0.25) is 0 Å². The number of nitrogens with zero attached hydrogens (tertiary/aromatic N) is 2. The van der Waals surface area contributed by atoms with Crippen molar-refractivity contribution in [1.29, 1.82) is 0 Å². The average molecular weight is 347 g/mol. The van der Waals surface area contributed by atoms with E-state index < -0.39 is 5.97 Å². The lowest BCUT2D eigenvalue weighted by molar-refractivity contribution is -0.138. The van der Waals surface area contributed by atoms with Gasteiger partial charge in [0.25, 0.3) is 0 Å². The number of thioether (sulfide) groups is 1. The van der Waals surface area contributed by atoms with E-state index in [0.29, 0.717) is 6.42 Å². The van der Waals surface area contributed by atoms with Gasteiger partial charge < -0.3 is 5.11 Å². The first-order chi connectivity index (χ1) is 8.97. The van der Waals surface area contributed by atoms with Gasteiger partial charge in [-0.2, -0.15) is 16.9 Å². The van der Waals surface area contributed by atoms with Gasteiger partial charge in [0.2, 0.25) is 0 Å². The van der Waals surface area contributed by atoms with E-state index in [1.54, 1.807) is 0 Å². The lowest BCUT2D eigenvalue weighted by Crippen LogP contribution is -2.11. The lowest BCUT2D eigenvalue weighted by atomic mass is 10.1. The van der Waals surface area contributed by atoms with Gasteiger partial charge in [0, 0.05) is 12.8 Å². The summed E-state index contributed by atoms with van der Waals surface area (Å²) in [5, 5.41) is 13.4. The summed E-state index contributed by atoms with van der Waals surface area (Å²) in [4.78, 5) is 10.8. The highest BCUT2D eigenvalue weighted by molar-refractivity contribution is 9.10. The third kappa shape index (κ3) is 3.54. The zero-order valence-corrected chi connectivity index (χ0v) is 13.7. The molecule has 0 amide bonds. The number of carboxylic acids is 1. The van der Waals surface area contributed by atoms with Gasteiger partial charge in [-0.1, -0.05) is 6.92 Å². The molecule has 6 heteroatoms. The summed E-state index contributed by atoms with van der Waals surface area (Å²) < 4.78 is 3.03. The number of rotatable bonds is 7. The van der Waals surface area contributed by atoms with Gasteiger partial charge in [0.15, 0.2) is 0 Å². The number of carbonyl (C=O) groups is 1. The normalized spacial score (nSPS) is 16.6. The topological polar surface area (TPSA) is 55.1 Å². The molecule has 1 saturated carbocycles. The first kappa shape index (κ1) is 14.9. The van der Waals surface area contributed by atoms with Gasteiger partial charge in [0.05, 0.1) is 22.3 Å². The third-order valence-corrected chi connectivity index (χ3v) is 5.84. The monoisotopic (exact) mass is 346 g/mol. The molecule has 1 heterocycles. The maximum absolute atomic E-state index is 10.8. The second-order valence-electron chi connectivity index (χ2n) is 5.25. The molecule has 0 radical (unpaired) electrons. The minimum atomic E-state index is -0.673. The van der Waals surface area contributed by atoms with Crippen LogP contribution in [0.3, 0.4) is 0 Å². The zero-order valence-electron chi connectivity index (χ0n) is 11.3. The molecule has 0 atom stereocenters. The van der Waals surface area contributed by atoms with Crippen LogP contribution < -0.4 is 0 Å². The second-order valence-corrected chi connectivity index (χ2v) is 7.03. The number of aliphatic carboxylic acids is 1. The van der Waals surface area contributed by atoms with Crippen LogP contribution in [-0.4, -0.2) is 26.6 Å². The summed E-state index contributed by atoms with van der Waals surface area (Å²) in [7, 11) is 1.96. The predicted molar refractivity (Wildman–Crippen MR) is 80.4 cm³/mol. The smallest absolute Gasteiger partial charge is 0.303 e. The van der Waals surface area contributed by atoms with Crippen molar-refractivity contribution in [2.24, 2.45) is 12.5 Å². The molecule has 1 aliphatic carbocycles. The second kappa shape index (κ2) is 5.87.